The number of aromatic hydroxyl groups is 1. The lowest BCUT2D eigenvalue weighted by molar-refractivity contribution is 0.475. The van der Waals surface area contributed by atoms with Gasteiger partial charge in [-0.15, -0.1) is 0 Å². The Morgan fingerprint density at radius 1 is 0.850 bits per heavy atom. The summed E-state index contributed by atoms with van der Waals surface area (Å²) < 4.78 is 0. The Kier molecular flexibility index (Phi) is 5.23. The molecule has 106 valence electrons. The number of phenolic OH excluding ortho intramolecular Hbond substituents is 1. The number of aryl methyl sites for hydroxylation is 2. The lowest BCUT2D eigenvalue weighted by Crippen LogP contribution is -1.84. The standard InChI is InChI=1S/C12H18O.C7H6/c1-2-3-4-5-6-11-7-9-12(13)10-8-11;1-5-2-6-4-7(6)3-5/h7-10,13H,2-6H2,1H3;2-4H,1H3. The molecule has 0 aliphatic heterocycles. The summed E-state index contributed by atoms with van der Waals surface area (Å²) >= 11 is 0. The molecule has 2 aliphatic carbocycles. The van der Waals surface area contributed by atoms with E-state index in [-0.39, 0.29) is 0 Å². The number of fused-ring (bicyclic) bond motifs is 1. The smallest absolute Gasteiger partial charge is 0.115 e. The zero-order valence-corrected chi connectivity index (χ0v) is 12.5. The summed E-state index contributed by atoms with van der Waals surface area (Å²) in [6.45, 7) is 4.35. The largest absolute Gasteiger partial charge is 0.508 e. The maximum Gasteiger partial charge on any atom is 0.115 e. The predicted molar refractivity (Wildman–Crippen MR) is 86.1 cm³/mol. The van der Waals surface area contributed by atoms with Crippen molar-refractivity contribution in [3.05, 3.63) is 53.6 Å². The summed E-state index contributed by atoms with van der Waals surface area (Å²) in [5.74, 6) is 0.359. The van der Waals surface area contributed by atoms with E-state index in [9.17, 15) is 0 Å². The molecule has 0 spiro atoms. The zero-order valence-electron chi connectivity index (χ0n) is 12.5. The van der Waals surface area contributed by atoms with Crippen LogP contribution in [0.1, 0.15) is 43.7 Å². The Bertz CT molecular complexity index is 520. The fourth-order valence-corrected chi connectivity index (χ4v) is 2.33. The van der Waals surface area contributed by atoms with Gasteiger partial charge in [-0.3, -0.25) is 0 Å². The summed E-state index contributed by atoms with van der Waals surface area (Å²) in [7, 11) is 0. The van der Waals surface area contributed by atoms with Crippen molar-refractivity contribution in [3.63, 3.8) is 0 Å². The van der Waals surface area contributed by atoms with Gasteiger partial charge in [0, 0.05) is 0 Å². The van der Waals surface area contributed by atoms with Gasteiger partial charge in [0.1, 0.15) is 5.75 Å². The molecule has 1 nitrogen and oxygen atoms in total. The topological polar surface area (TPSA) is 20.2 Å². The van der Waals surface area contributed by atoms with E-state index >= 15 is 0 Å². The van der Waals surface area contributed by atoms with E-state index in [1.807, 2.05) is 12.1 Å². The van der Waals surface area contributed by atoms with E-state index in [0.29, 0.717) is 5.75 Å². The summed E-state index contributed by atoms with van der Waals surface area (Å²) in [5, 5.41) is 9.07. The molecule has 0 fully saturated rings. The van der Waals surface area contributed by atoms with Crippen LogP contribution in [0.2, 0.25) is 0 Å². The summed E-state index contributed by atoms with van der Waals surface area (Å²) in [6.07, 6.45) is 6.34. The second-order valence-corrected chi connectivity index (χ2v) is 5.56. The molecule has 1 aromatic carbocycles. The maximum atomic E-state index is 9.07. The van der Waals surface area contributed by atoms with Crippen LogP contribution in [0.4, 0.5) is 0 Å². The minimum absolute atomic E-state index is 0.359. The predicted octanol–water partition coefficient (Wildman–Crippen LogP) is 5.49. The summed E-state index contributed by atoms with van der Waals surface area (Å²) in [4.78, 5) is 0. The van der Waals surface area contributed by atoms with Crippen molar-refractivity contribution in [2.24, 2.45) is 0 Å². The number of benzene rings is 2. The molecule has 1 heteroatoms. The first-order valence-corrected chi connectivity index (χ1v) is 7.59. The van der Waals surface area contributed by atoms with E-state index in [1.165, 1.54) is 47.9 Å². The molecule has 0 saturated heterocycles. The minimum atomic E-state index is 0.359. The van der Waals surface area contributed by atoms with Crippen molar-refractivity contribution in [1.29, 1.82) is 0 Å². The lowest BCUT2D eigenvalue weighted by Gasteiger charge is -2.00. The molecule has 20 heavy (non-hydrogen) atoms. The van der Waals surface area contributed by atoms with Gasteiger partial charge >= 0.3 is 0 Å². The van der Waals surface area contributed by atoms with Crippen molar-refractivity contribution >= 4 is 0 Å². The lowest BCUT2D eigenvalue weighted by atomic mass is 10.1. The van der Waals surface area contributed by atoms with Crippen LogP contribution in [0.15, 0.2) is 42.5 Å². The number of hydrogen-bond acceptors (Lipinski definition) is 1. The van der Waals surface area contributed by atoms with Crippen molar-refractivity contribution in [2.75, 3.05) is 0 Å². The second-order valence-electron chi connectivity index (χ2n) is 5.56. The minimum Gasteiger partial charge on any atom is -0.508 e. The van der Waals surface area contributed by atoms with Crippen LogP contribution in [0.25, 0.3) is 11.1 Å². The number of hydrogen-bond donors (Lipinski definition) is 1. The summed E-state index contributed by atoms with van der Waals surface area (Å²) in [6, 6.07) is 14.1. The Hall–Kier alpha value is -1.76. The highest BCUT2D eigenvalue weighted by Crippen LogP contribution is 2.35. The number of phenols is 1. The van der Waals surface area contributed by atoms with Gasteiger partial charge in [-0.25, -0.2) is 0 Å². The highest BCUT2D eigenvalue weighted by Gasteiger charge is 2.10. The third-order valence-electron chi connectivity index (χ3n) is 3.58. The fourth-order valence-electron chi connectivity index (χ4n) is 2.33. The third kappa shape index (κ3) is 4.73. The Morgan fingerprint density at radius 3 is 2.00 bits per heavy atom. The van der Waals surface area contributed by atoms with E-state index in [0.717, 1.165) is 6.42 Å². The highest BCUT2D eigenvalue weighted by atomic mass is 16.3. The Morgan fingerprint density at radius 2 is 1.50 bits per heavy atom. The highest BCUT2D eigenvalue weighted by molar-refractivity contribution is 5.82. The monoisotopic (exact) mass is 268 g/mol. The number of unbranched alkanes of at least 4 members (excludes halogenated alkanes) is 3. The van der Waals surface area contributed by atoms with Gasteiger partial charge in [0.2, 0.25) is 0 Å². The van der Waals surface area contributed by atoms with Crippen LogP contribution >= 0.6 is 0 Å². The first-order valence-electron chi connectivity index (χ1n) is 7.59. The fraction of sp³-hybridized carbons (Fsp3) is 0.368. The summed E-state index contributed by atoms with van der Waals surface area (Å²) in [5.41, 5.74) is 5.61. The van der Waals surface area contributed by atoms with Crippen LogP contribution in [0, 0.1) is 6.92 Å². The zero-order chi connectivity index (χ0) is 14.4. The SMILES string of the molecule is CCCCCCc1ccc(O)cc1.Cc1cc2cc-2c1. The average Bonchev–Trinajstić information content (AvgIpc) is 3.05. The average molecular weight is 268 g/mol. The van der Waals surface area contributed by atoms with E-state index in [1.54, 1.807) is 12.1 Å². The molecule has 1 aromatic rings. The maximum absolute atomic E-state index is 9.07. The van der Waals surface area contributed by atoms with E-state index in [2.05, 4.69) is 32.0 Å². The molecule has 0 amide bonds. The van der Waals surface area contributed by atoms with E-state index < -0.39 is 0 Å². The van der Waals surface area contributed by atoms with Gasteiger partial charge in [-0.1, -0.05) is 50.5 Å². The van der Waals surface area contributed by atoms with Crippen LogP contribution in [0.5, 0.6) is 5.75 Å². The molecule has 0 saturated carbocycles. The second kappa shape index (κ2) is 7.14. The van der Waals surface area contributed by atoms with Gasteiger partial charge in [0.25, 0.3) is 0 Å². The molecule has 0 bridgehead atoms. The molecule has 1 N–H and O–H groups in total. The molecule has 2 aliphatic rings. The third-order valence-corrected chi connectivity index (χ3v) is 3.58. The Balaban J connectivity index is 0.000000173. The Labute approximate surface area is 122 Å². The van der Waals surface area contributed by atoms with Crippen molar-refractivity contribution in [1.82, 2.24) is 0 Å². The molecule has 0 aromatic heterocycles. The van der Waals surface area contributed by atoms with Crippen LogP contribution in [-0.4, -0.2) is 5.11 Å². The molecule has 0 atom stereocenters. The molecule has 0 radical (unpaired) electrons. The molecule has 0 heterocycles. The van der Waals surface area contributed by atoms with Crippen molar-refractivity contribution in [2.45, 2.75) is 46.0 Å². The molecular weight excluding hydrogens is 244 g/mol. The van der Waals surface area contributed by atoms with Gasteiger partial charge in [0.15, 0.2) is 0 Å². The van der Waals surface area contributed by atoms with Crippen LogP contribution in [-0.2, 0) is 6.42 Å². The first kappa shape index (κ1) is 14.6. The normalized spacial score (nSPS) is 10.7. The molecule has 0 unspecified atom stereocenters. The quantitative estimate of drug-likeness (QED) is 0.606. The van der Waals surface area contributed by atoms with Crippen molar-refractivity contribution in [3.8, 4) is 16.9 Å². The van der Waals surface area contributed by atoms with Gasteiger partial charge in [0.05, 0.1) is 0 Å². The van der Waals surface area contributed by atoms with Gasteiger partial charge in [-0.05, 0) is 60.2 Å². The molecule has 3 rings (SSSR count). The number of rotatable bonds is 5. The van der Waals surface area contributed by atoms with Crippen LogP contribution in [0.3, 0.4) is 0 Å². The van der Waals surface area contributed by atoms with Crippen molar-refractivity contribution < 1.29 is 5.11 Å². The van der Waals surface area contributed by atoms with Crippen LogP contribution < -0.4 is 0 Å². The van der Waals surface area contributed by atoms with Gasteiger partial charge in [-0.2, -0.15) is 0 Å². The molecular formula is C19H24O. The first-order chi connectivity index (χ1) is 9.69. The van der Waals surface area contributed by atoms with Gasteiger partial charge < -0.3 is 5.11 Å². The van der Waals surface area contributed by atoms with E-state index in [4.69, 9.17) is 5.11 Å².